The highest BCUT2D eigenvalue weighted by atomic mass is 19.3. The van der Waals surface area contributed by atoms with Crippen molar-refractivity contribution in [1.82, 2.24) is 10.1 Å². The third-order valence-electron chi connectivity index (χ3n) is 2.05. The van der Waals surface area contributed by atoms with Gasteiger partial charge >= 0.3 is 12.3 Å². The molecule has 1 heterocycles. The fourth-order valence-electron chi connectivity index (χ4n) is 1.07. The minimum Gasteiger partial charge on any atom is -0.367 e. The molecule has 1 aromatic heterocycles. The summed E-state index contributed by atoms with van der Waals surface area (Å²) < 4.78 is 57.7. The number of hydrogen-bond acceptors (Lipinski definition) is 5. The fraction of sp³-hybridized carbons (Fsp3) is 0.700. The smallest absolute Gasteiger partial charge is 0.330 e. The van der Waals surface area contributed by atoms with E-state index in [0.717, 1.165) is 0 Å². The van der Waals surface area contributed by atoms with E-state index in [4.69, 9.17) is 4.52 Å². The number of Topliss-reactive ketones (excluding diaryl/α,β-unsaturated/α-hetero) is 1. The number of rotatable bonds is 8. The second-order valence-corrected chi connectivity index (χ2v) is 3.86. The summed E-state index contributed by atoms with van der Waals surface area (Å²) in [7, 11) is 0. The Morgan fingerprint density at radius 2 is 2.16 bits per heavy atom. The third-order valence-corrected chi connectivity index (χ3v) is 2.05. The van der Waals surface area contributed by atoms with Crippen LogP contribution in [0.5, 0.6) is 0 Å². The molecular weight excluding hydrogens is 272 g/mol. The molecule has 108 valence electrons. The van der Waals surface area contributed by atoms with Gasteiger partial charge < -0.3 is 14.1 Å². The number of carbonyl (C=O) groups is 1. The number of aryl methyl sites for hydroxylation is 1. The SMILES string of the molecule is CC(=O)CCc1nc(COCC(F)(F)C(F)F)no1. The molecule has 0 saturated carbocycles. The van der Waals surface area contributed by atoms with Gasteiger partial charge in [-0.2, -0.15) is 13.8 Å². The predicted molar refractivity (Wildman–Crippen MR) is 53.9 cm³/mol. The molecular formula is C10H12F4N2O3. The molecule has 0 amide bonds. The van der Waals surface area contributed by atoms with Gasteiger partial charge in [-0.05, 0) is 6.92 Å². The summed E-state index contributed by atoms with van der Waals surface area (Å²) in [5.41, 5.74) is 0. The van der Waals surface area contributed by atoms with Crippen molar-refractivity contribution in [1.29, 1.82) is 0 Å². The lowest BCUT2D eigenvalue weighted by molar-refractivity contribution is -0.168. The molecule has 0 aliphatic rings. The summed E-state index contributed by atoms with van der Waals surface area (Å²) in [6, 6.07) is 0. The molecule has 0 atom stereocenters. The second kappa shape index (κ2) is 6.60. The first kappa shape index (κ1) is 15.5. The molecule has 9 heteroatoms. The molecule has 0 unspecified atom stereocenters. The van der Waals surface area contributed by atoms with Gasteiger partial charge in [0.2, 0.25) is 5.89 Å². The van der Waals surface area contributed by atoms with Gasteiger partial charge in [0, 0.05) is 12.8 Å². The van der Waals surface area contributed by atoms with Crippen LogP contribution in [0.4, 0.5) is 17.6 Å². The molecule has 1 rings (SSSR count). The molecule has 0 aliphatic carbocycles. The maximum Gasteiger partial charge on any atom is 0.330 e. The Kier molecular flexibility index (Phi) is 5.40. The number of nitrogens with zero attached hydrogens (tertiary/aromatic N) is 2. The van der Waals surface area contributed by atoms with Gasteiger partial charge in [-0.3, -0.25) is 0 Å². The fourth-order valence-corrected chi connectivity index (χ4v) is 1.07. The van der Waals surface area contributed by atoms with Crippen molar-refractivity contribution >= 4 is 5.78 Å². The number of ketones is 1. The number of aromatic nitrogens is 2. The zero-order valence-corrected chi connectivity index (χ0v) is 10.0. The topological polar surface area (TPSA) is 65.2 Å². The number of ether oxygens (including phenoxy) is 1. The predicted octanol–water partition coefficient (Wildman–Crippen LogP) is 2.01. The highest BCUT2D eigenvalue weighted by Gasteiger charge is 2.41. The van der Waals surface area contributed by atoms with Crippen molar-refractivity contribution in [3.63, 3.8) is 0 Å². The molecule has 19 heavy (non-hydrogen) atoms. The average Bonchev–Trinajstić information content (AvgIpc) is 2.74. The van der Waals surface area contributed by atoms with E-state index in [-0.39, 0.29) is 30.3 Å². The standard InChI is InChI=1S/C10H12F4N2O3/c1-6(17)2-3-8-15-7(16-19-8)4-18-5-10(13,14)9(11)12/h9H,2-5H2,1H3. The Morgan fingerprint density at radius 3 is 2.74 bits per heavy atom. The van der Waals surface area contributed by atoms with Crippen LogP contribution >= 0.6 is 0 Å². The van der Waals surface area contributed by atoms with Crippen LogP contribution < -0.4 is 0 Å². The van der Waals surface area contributed by atoms with Crippen molar-refractivity contribution in [2.24, 2.45) is 0 Å². The minimum atomic E-state index is -4.21. The van der Waals surface area contributed by atoms with Gasteiger partial charge in [0.1, 0.15) is 19.0 Å². The molecule has 0 radical (unpaired) electrons. The van der Waals surface area contributed by atoms with E-state index in [1.807, 2.05) is 0 Å². The van der Waals surface area contributed by atoms with E-state index in [2.05, 4.69) is 14.9 Å². The zero-order chi connectivity index (χ0) is 14.5. The first-order valence-electron chi connectivity index (χ1n) is 5.36. The van der Waals surface area contributed by atoms with Crippen LogP contribution in [0.25, 0.3) is 0 Å². The van der Waals surface area contributed by atoms with E-state index in [9.17, 15) is 22.4 Å². The van der Waals surface area contributed by atoms with Crippen LogP contribution in [-0.4, -0.2) is 34.9 Å². The normalized spacial score (nSPS) is 12.1. The molecule has 5 nitrogen and oxygen atoms in total. The molecule has 0 fully saturated rings. The van der Waals surface area contributed by atoms with Crippen molar-refractivity contribution in [3.8, 4) is 0 Å². The van der Waals surface area contributed by atoms with Crippen LogP contribution in [0.2, 0.25) is 0 Å². The maximum atomic E-state index is 12.5. The highest BCUT2D eigenvalue weighted by molar-refractivity contribution is 5.75. The van der Waals surface area contributed by atoms with Crippen molar-refractivity contribution in [2.45, 2.75) is 38.7 Å². The maximum absolute atomic E-state index is 12.5. The molecule has 0 saturated heterocycles. The lowest BCUT2D eigenvalue weighted by Crippen LogP contribution is -2.32. The second-order valence-electron chi connectivity index (χ2n) is 3.86. The average molecular weight is 284 g/mol. The quantitative estimate of drug-likeness (QED) is 0.683. The number of alkyl halides is 4. The van der Waals surface area contributed by atoms with E-state index < -0.39 is 25.6 Å². The zero-order valence-electron chi connectivity index (χ0n) is 10.0. The van der Waals surface area contributed by atoms with Gasteiger partial charge in [0.25, 0.3) is 0 Å². The summed E-state index contributed by atoms with van der Waals surface area (Å²) in [6.07, 6.45) is -3.34. The van der Waals surface area contributed by atoms with E-state index in [1.165, 1.54) is 6.92 Å². The van der Waals surface area contributed by atoms with E-state index in [1.54, 1.807) is 0 Å². The molecule has 0 spiro atoms. The Morgan fingerprint density at radius 1 is 1.47 bits per heavy atom. The van der Waals surface area contributed by atoms with Crippen LogP contribution in [0.1, 0.15) is 25.1 Å². The van der Waals surface area contributed by atoms with Crippen LogP contribution in [0.3, 0.4) is 0 Å². The monoisotopic (exact) mass is 284 g/mol. The summed E-state index contributed by atoms with van der Waals surface area (Å²) in [5, 5.41) is 3.40. The molecule has 0 aromatic carbocycles. The molecule has 0 N–H and O–H groups in total. The number of hydrogen-bond donors (Lipinski definition) is 0. The summed E-state index contributed by atoms with van der Waals surface area (Å²) in [5.74, 6) is -4.15. The first-order valence-corrected chi connectivity index (χ1v) is 5.36. The Bertz CT molecular complexity index is 423. The van der Waals surface area contributed by atoms with Gasteiger partial charge in [0.15, 0.2) is 5.82 Å². The van der Waals surface area contributed by atoms with Crippen molar-refractivity contribution in [2.75, 3.05) is 6.61 Å². The minimum absolute atomic E-state index is 0.0383. The number of carbonyl (C=O) groups excluding carboxylic acids is 1. The van der Waals surface area contributed by atoms with Crippen LogP contribution in [0, 0.1) is 0 Å². The van der Waals surface area contributed by atoms with E-state index in [0.29, 0.717) is 0 Å². The molecule has 0 aliphatic heterocycles. The van der Waals surface area contributed by atoms with Crippen molar-refractivity contribution < 1.29 is 31.6 Å². The molecule has 1 aromatic rings. The van der Waals surface area contributed by atoms with Gasteiger partial charge in [-0.25, -0.2) is 8.78 Å². The number of halogens is 4. The van der Waals surface area contributed by atoms with Crippen LogP contribution in [0.15, 0.2) is 4.52 Å². The lowest BCUT2D eigenvalue weighted by atomic mass is 10.2. The Balaban J connectivity index is 2.36. The summed E-state index contributed by atoms with van der Waals surface area (Å²) in [6.45, 7) is -0.499. The van der Waals surface area contributed by atoms with E-state index >= 15 is 0 Å². The van der Waals surface area contributed by atoms with Crippen LogP contribution in [-0.2, 0) is 22.6 Å². The first-order chi connectivity index (χ1) is 8.81. The third kappa shape index (κ3) is 5.33. The Labute approximate surface area is 105 Å². The summed E-state index contributed by atoms with van der Waals surface area (Å²) >= 11 is 0. The van der Waals surface area contributed by atoms with Gasteiger partial charge in [-0.15, -0.1) is 0 Å². The molecule has 0 bridgehead atoms. The van der Waals surface area contributed by atoms with Crippen molar-refractivity contribution in [3.05, 3.63) is 11.7 Å². The van der Waals surface area contributed by atoms with Gasteiger partial charge in [0.05, 0.1) is 0 Å². The largest absolute Gasteiger partial charge is 0.367 e. The summed E-state index contributed by atoms with van der Waals surface area (Å²) in [4.78, 5) is 14.5. The van der Waals surface area contributed by atoms with Gasteiger partial charge in [-0.1, -0.05) is 5.16 Å². The Hall–Kier alpha value is -1.51. The highest BCUT2D eigenvalue weighted by Crippen LogP contribution is 2.23. The lowest BCUT2D eigenvalue weighted by Gasteiger charge is -2.14.